The molecule has 0 radical (unpaired) electrons. The Morgan fingerprint density at radius 1 is 0.591 bits per heavy atom. The summed E-state index contributed by atoms with van der Waals surface area (Å²) >= 11 is 4.09. The lowest BCUT2D eigenvalue weighted by Gasteiger charge is -2.19. The van der Waals surface area contributed by atoms with Crippen LogP contribution in [0.2, 0.25) is 0 Å². The topological polar surface area (TPSA) is 66.9 Å². The standard InChI is InChI=1S/C38H25N5S/c39-36-33(42-44)23-22-30-35(36)29-10-4-5-11-31(29)40-37(30)26-16-14-24(15-17-26)25-18-20-28(21-19-25)43-34-13-7-6-12-32(34)41-38(43)27-8-2-1-3-9-27/h1-23,39,44H. The van der Waals surface area contributed by atoms with Crippen molar-refractivity contribution in [2.75, 3.05) is 0 Å². The van der Waals surface area contributed by atoms with Crippen LogP contribution in [0.1, 0.15) is 11.1 Å². The lowest BCUT2D eigenvalue weighted by molar-refractivity contribution is 1.10. The van der Waals surface area contributed by atoms with E-state index >= 15 is 0 Å². The summed E-state index contributed by atoms with van der Waals surface area (Å²) in [7, 11) is 0. The van der Waals surface area contributed by atoms with Crippen LogP contribution in [0.4, 0.5) is 0 Å². The van der Waals surface area contributed by atoms with Crippen LogP contribution in [0.15, 0.2) is 138 Å². The van der Waals surface area contributed by atoms with E-state index in [1.807, 2.05) is 60.7 Å². The van der Waals surface area contributed by atoms with Crippen molar-refractivity contribution in [2.45, 2.75) is 0 Å². The van der Waals surface area contributed by atoms with Gasteiger partial charge in [-0.3, -0.25) is 9.98 Å². The number of fused-ring (bicyclic) bond motifs is 4. The Morgan fingerprint density at radius 3 is 1.98 bits per heavy atom. The van der Waals surface area contributed by atoms with Crippen molar-refractivity contribution in [3.63, 3.8) is 0 Å². The predicted octanol–water partition coefficient (Wildman–Crippen LogP) is 9.26. The lowest BCUT2D eigenvalue weighted by atomic mass is 9.88. The van der Waals surface area contributed by atoms with E-state index in [-0.39, 0.29) is 0 Å². The summed E-state index contributed by atoms with van der Waals surface area (Å²) < 4.78 is 6.24. The van der Waals surface area contributed by atoms with E-state index in [1.165, 1.54) is 0 Å². The zero-order valence-corrected chi connectivity index (χ0v) is 24.4. The second-order valence-corrected chi connectivity index (χ2v) is 10.9. The maximum atomic E-state index is 8.83. The minimum absolute atomic E-state index is 0.357. The number of nitrogens with zero attached hydrogens (tertiary/aromatic N) is 4. The Hall–Kier alpha value is -5.59. The maximum absolute atomic E-state index is 8.83. The first-order valence-electron chi connectivity index (χ1n) is 14.4. The molecule has 0 bridgehead atoms. The van der Waals surface area contributed by atoms with Crippen molar-refractivity contribution in [3.05, 3.63) is 145 Å². The largest absolute Gasteiger partial charge is 0.298 e. The molecule has 44 heavy (non-hydrogen) atoms. The van der Waals surface area contributed by atoms with Gasteiger partial charge in [0.05, 0.1) is 33.7 Å². The molecule has 1 N–H and O–H groups in total. The van der Waals surface area contributed by atoms with Gasteiger partial charge in [0.2, 0.25) is 0 Å². The fraction of sp³-hybridized carbons (Fsp3) is 0. The van der Waals surface area contributed by atoms with E-state index in [0.29, 0.717) is 11.4 Å². The van der Waals surface area contributed by atoms with Gasteiger partial charge >= 0.3 is 0 Å². The molecule has 0 saturated heterocycles. The molecule has 5 nitrogen and oxygen atoms in total. The highest BCUT2D eigenvalue weighted by atomic mass is 32.1. The lowest BCUT2D eigenvalue weighted by Crippen LogP contribution is -2.18. The minimum atomic E-state index is 0.357. The molecule has 0 spiro atoms. The van der Waals surface area contributed by atoms with Gasteiger partial charge in [0, 0.05) is 33.3 Å². The molecule has 0 saturated carbocycles. The third kappa shape index (κ3) is 4.27. The highest BCUT2D eigenvalue weighted by molar-refractivity contribution is 7.79. The average Bonchev–Trinajstić information content (AvgIpc) is 3.48. The Morgan fingerprint density at radius 2 is 1.23 bits per heavy atom. The fourth-order valence-corrected chi connectivity index (χ4v) is 6.19. The van der Waals surface area contributed by atoms with E-state index in [0.717, 1.165) is 72.5 Å². The Bertz CT molecular complexity index is 2280. The smallest absolute Gasteiger partial charge is 0.145 e. The molecule has 208 valence electrons. The normalized spacial score (nSPS) is 13.6. The monoisotopic (exact) mass is 583 g/mol. The number of allylic oxidation sites excluding steroid dienone is 1. The van der Waals surface area contributed by atoms with Crippen LogP contribution in [0, 0.1) is 5.41 Å². The number of imidazole rings is 1. The molecule has 0 amide bonds. The summed E-state index contributed by atoms with van der Waals surface area (Å²) in [6.07, 6.45) is 3.83. The first kappa shape index (κ1) is 26.1. The average molecular weight is 584 g/mol. The second-order valence-electron chi connectivity index (χ2n) is 10.7. The van der Waals surface area contributed by atoms with Crippen LogP contribution in [-0.4, -0.2) is 26.0 Å². The van der Waals surface area contributed by atoms with Gasteiger partial charge in [0.15, 0.2) is 0 Å². The number of pyridine rings is 1. The molecule has 6 heteroatoms. The van der Waals surface area contributed by atoms with Gasteiger partial charge in [0.1, 0.15) is 5.82 Å². The Labute approximate surface area is 260 Å². The number of hydrogen-bond acceptors (Lipinski definition) is 5. The summed E-state index contributed by atoms with van der Waals surface area (Å²) in [6, 6.07) is 43.6. The highest BCUT2D eigenvalue weighted by Crippen LogP contribution is 2.35. The first-order chi connectivity index (χ1) is 21.7. The van der Waals surface area contributed by atoms with Gasteiger partial charge in [-0.15, -0.1) is 0 Å². The summed E-state index contributed by atoms with van der Waals surface area (Å²) in [5, 5.41) is 9.76. The molecule has 0 fully saturated rings. The maximum Gasteiger partial charge on any atom is 0.145 e. The fourth-order valence-electron chi connectivity index (χ4n) is 6.03. The van der Waals surface area contributed by atoms with Crippen molar-refractivity contribution < 1.29 is 0 Å². The van der Waals surface area contributed by atoms with Gasteiger partial charge < -0.3 is 0 Å². The second kappa shape index (κ2) is 10.6. The predicted molar refractivity (Wildman–Crippen MR) is 185 cm³/mol. The zero-order valence-electron chi connectivity index (χ0n) is 23.5. The van der Waals surface area contributed by atoms with Crippen LogP contribution in [-0.2, 0) is 0 Å². The van der Waals surface area contributed by atoms with E-state index in [9.17, 15) is 0 Å². The molecule has 0 unspecified atom stereocenters. The summed E-state index contributed by atoms with van der Waals surface area (Å²) in [4.78, 5) is 10.00. The number of hydrogen-bond donors (Lipinski definition) is 2. The van der Waals surface area contributed by atoms with Crippen molar-refractivity contribution >= 4 is 52.3 Å². The van der Waals surface area contributed by atoms with Gasteiger partial charge in [-0.1, -0.05) is 97.1 Å². The number of thiol groups is 1. The molecule has 2 aromatic heterocycles. The Kier molecular flexibility index (Phi) is 6.28. The molecule has 2 heterocycles. The molecule has 1 aliphatic rings. The summed E-state index contributed by atoms with van der Waals surface area (Å²) in [5.74, 6) is 0.921. The molecule has 5 aromatic carbocycles. The van der Waals surface area contributed by atoms with Crippen molar-refractivity contribution in [2.24, 2.45) is 4.40 Å². The molecule has 1 aliphatic carbocycles. The summed E-state index contributed by atoms with van der Waals surface area (Å²) in [5.41, 5.74) is 11.8. The first-order valence-corrected chi connectivity index (χ1v) is 14.8. The third-order valence-corrected chi connectivity index (χ3v) is 8.38. The molecular weight excluding hydrogens is 559 g/mol. The molecule has 8 rings (SSSR count). The number of para-hydroxylation sites is 3. The van der Waals surface area contributed by atoms with Crippen LogP contribution < -0.4 is 0 Å². The minimum Gasteiger partial charge on any atom is -0.298 e. The van der Waals surface area contributed by atoms with Crippen LogP contribution in [0.5, 0.6) is 0 Å². The quantitative estimate of drug-likeness (QED) is 0.203. The Balaban J connectivity index is 1.17. The summed E-state index contributed by atoms with van der Waals surface area (Å²) in [6.45, 7) is 0. The molecular formula is C38H25N5S. The molecule has 0 atom stereocenters. The van der Waals surface area contributed by atoms with E-state index in [1.54, 1.807) is 0 Å². The van der Waals surface area contributed by atoms with Gasteiger partial charge in [-0.05, 0) is 66.4 Å². The van der Waals surface area contributed by atoms with E-state index < -0.39 is 0 Å². The van der Waals surface area contributed by atoms with E-state index in [2.05, 4.69) is 101 Å². The SMILES string of the molecule is N=C1C(=NS)C=Cc2c(-c3ccc(-c4ccc(-n5c(-c6ccccc6)nc6ccccc65)cc4)cc3)nc3ccccc3c21. The van der Waals surface area contributed by atoms with Gasteiger partial charge in [-0.25, -0.2) is 14.4 Å². The third-order valence-electron chi connectivity index (χ3n) is 8.16. The van der Waals surface area contributed by atoms with Gasteiger partial charge in [0.25, 0.3) is 0 Å². The van der Waals surface area contributed by atoms with E-state index in [4.69, 9.17) is 15.4 Å². The number of rotatable bonds is 4. The van der Waals surface area contributed by atoms with Crippen molar-refractivity contribution in [1.82, 2.24) is 14.5 Å². The number of aromatic nitrogens is 3. The number of nitrogens with one attached hydrogen (secondary N) is 1. The molecule has 0 aliphatic heterocycles. The number of benzene rings is 5. The van der Waals surface area contributed by atoms with Crippen LogP contribution in [0.3, 0.4) is 0 Å². The van der Waals surface area contributed by atoms with Crippen molar-refractivity contribution in [3.8, 4) is 39.5 Å². The van der Waals surface area contributed by atoms with Crippen molar-refractivity contribution in [1.29, 1.82) is 5.41 Å². The highest BCUT2D eigenvalue weighted by Gasteiger charge is 2.23. The van der Waals surface area contributed by atoms with Crippen LogP contribution in [0.25, 0.3) is 67.5 Å². The zero-order chi connectivity index (χ0) is 29.6. The van der Waals surface area contributed by atoms with Gasteiger partial charge in [-0.2, -0.15) is 0 Å². The molecule has 7 aromatic rings. The van der Waals surface area contributed by atoms with Crippen LogP contribution >= 0.6 is 12.8 Å².